The van der Waals surface area contributed by atoms with Crippen LogP contribution in [0.3, 0.4) is 0 Å². The number of hydrogen-bond donors (Lipinski definition) is 0. The van der Waals surface area contributed by atoms with E-state index in [1.807, 2.05) is 0 Å². The van der Waals surface area contributed by atoms with Crippen molar-refractivity contribution in [3.8, 4) is 0 Å². The van der Waals surface area contributed by atoms with Gasteiger partial charge in [-0.25, -0.2) is 14.1 Å². The topological polar surface area (TPSA) is 60.9 Å². The van der Waals surface area contributed by atoms with E-state index in [0.29, 0.717) is 5.69 Å². The van der Waals surface area contributed by atoms with Crippen LogP contribution in [-0.4, -0.2) is 59.0 Å². The Morgan fingerprint density at radius 2 is 1.91 bits per heavy atom. The number of hydrogen-bond acceptors (Lipinski definition) is 3. The lowest BCUT2D eigenvalue weighted by Gasteiger charge is -2.35. The number of para-hydroxylation sites is 1. The molecular formula is C14H13ClFN3O3. The molecule has 2 unspecified atom stereocenters. The number of alkyl halides is 2. The summed E-state index contributed by atoms with van der Waals surface area (Å²) in [6.07, 6.45) is 0. The van der Waals surface area contributed by atoms with Crippen molar-refractivity contribution < 1.29 is 18.8 Å². The fraction of sp³-hybridized carbons (Fsp3) is 0.357. The first-order chi connectivity index (χ1) is 10.5. The van der Waals surface area contributed by atoms with Gasteiger partial charge in [-0.1, -0.05) is 29.8 Å². The molecule has 1 aromatic rings. The van der Waals surface area contributed by atoms with E-state index in [4.69, 9.17) is 11.6 Å². The molecule has 3 rings (SSSR count). The maximum absolute atomic E-state index is 12.9. The summed E-state index contributed by atoms with van der Waals surface area (Å²) >= 11 is 5.16. The Morgan fingerprint density at radius 1 is 1.23 bits per heavy atom. The number of benzene rings is 1. The molecule has 4 amide bonds. The van der Waals surface area contributed by atoms with Gasteiger partial charge in [-0.15, -0.1) is 0 Å². The van der Waals surface area contributed by atoms with Gasteiger partial charge in [0.05, 0.1) is 12.2 Å². The first-order valence-electron chi connectivity index (χ1n) is 6.77. The van der Waals surface area contributed by atoms with Crippen molar-refractivity contribution in [1.29, 1.82) is 0 Å². The lowest BCUT2D eigenvalue weighted by molar-refractivity contribution is -0.137. The molecule has 116 valence electrons. The Bertz CT molecular complexity index is 625. The molecule has 0 spiro atoms. The van der Waals surface area contributed by atoms with Gasteiger partial charge in [-0.3, -0.25) is 9.59 Å². The highest BCUT2D eigenvalue weighted by Gasteiger charge is 2.49. The smallest absolute Gasteiger partial charge is 0.332 e. The van der Waals surface area contributed by atoms with Crippen molar-refractivity contribution in [3.05, 3.63) is 30.3 Å². The Hall–Kier alpha value is -2.15. The third-order valence-corrected chi connectivity index (χ3v) is 4.02. The summed E-state index contributed by atoms with van der Waals surface area (Å²) in [5.41, 5.74) is -1.66. The summed E-state index contributed by atoms with van der Waals surface area (Å²) in [7, 11) is 0. The van der Waals surface area contributed by atoms with Crippen molar-refractivity contribution in [2.45, 2.75) is 11.7 Å². The van der Waals surface area contributed by atoms with E-state index >= 15 is 0 Å². The molecule has 1 aromatic carbocycles. The minimum Gasteiger partial charge on any atom is -0.335 e. The van der Waals surface area contributed by atoms with Gasteiger partial charge in [-0.2, -0.15) is 0 Å². The molecule has 2 fully saturated rings. The monoisotopic (exact) mass is 325 g/mol. The number of nitrogens with zero attached hydrogens (tertiary/aromatic N) is 3. The first-order valence-corrected chi connectivity index (χ1v) is 7.21. The summed E-state index contributed by atoms with van der Waals surface area (Å²) in [4.78, 5) is 40.2. The Balaban J connectivity index is 1.83. The molecule has 0 N–H and O–H groups in total. The van der Waals surface area contributed by atoms with Crippen LogP contribution in [0.1, 0.15) is 0 Å². The highest BCUT2D eigenvalue weighted by Crippen LogP contribution is 2.27. The maximum atomic E-state index is 12.9. The second-order valence-corrected chi connectivity index (χ2v) is 5.47. The van der Waals surface area contributed by atoms with Gasteiger partial charge in [-0.05, 0) is 12.1 Å². The number of fused-ring (bicyclic) bond motifs is 1. The molecule has 2 saturated heterocycles. The largest absolute Gasteiger partial charge is 0.335 e. The zero-order valence-electron chi connectivity index (χ0n) is 11.5. The van der Waals surface area contributed by atoms with Crippen molar-refractivity contribution in [1.82, 2.24) is 9.80 Å². The molecule has 2 heterocycles. The number of urea groups is 1. The van der Waals surface area contributed by atoms with Crippen molar-refractivity contribution in [2.75, 3.05) is 24.5 Å². The van der Waals surface area contributed by atoms with Crippen molar-refractivity contribution >= 4 is 35.1 Å². The number of carbonyl (C=O) groups is 3. The van der Waals surface area contributed by atoms with Gasteiger partial charge in [0.15, 0.2) is 0 Å². The summed E-state index contributed by atoms with van der Waals surface area (Å²) in [6.45, 7) is 0.290. The van der Waals surface area contributed by atoms with E-state index in [-0.39, 0.29) is 19.6 Å². The SMILES string of the molecule is O=C(C(F)Cl)N1CCN2C(=O)N(c3ccccc3)C(=O)C2C1. The van der Waals surface area contributed by atoms with Crippen LogP contribution >= 0.6 is 11.6 Å². The number of rotatable bonds is 2. The number of piperazine rings is 1. The summed E-state index contributed by atoms with van der Waals surface area (Å²) < 4.78 is 12.9. The van der Waals surface area contributed by atoms with Crippen LogP contribution in [0.4, 0.5) is 14.9 Å². The number of anilines is 1. The Morgan fingerprint density at radius 3 is 2.55 bits per heavy atom. The summed E-state index contributed by atoms with van der Waals surface area (Å²) in [6, 6.07) is 7.34. The fourth-order valence-corrected chi connectivity index (χ4v) is 2.89. The Labute approximate surface area is 131 Å². The lowest BCUT2D eigenvalue weighted by Crippen LogP contribution is -2.55. The van der Waals surface area contributed by atoms with E-state index in [0.717, 1.165) is 4.90 Å². The quantitative estimate of drug-likeness (QED) is 0.606. The molecule has 22 heavy (non-hydrogen) atoms. The fourth-order valence-electron chi connectivity index (χ4n) is 2.75. The van der Waals surface area contributed by atoms with Gasteiger partial charge in [0.2, 0.25) is 0 Å². The number of amides is 4. The minimum absolute atomic E-state index is 0.0418. The van der Waals surface area contributed by atoms with Crippen LogP contribution in [0, 0.1) is 0 Å². The molecular weight excluding hydrogens is 313 g/mol. The second-order valence-electron chi connectivity index (χ2n) is 5.09. The van der Waals surface area contributed by atoms with Crippen LogP contribution < -0.4 is 4.90 Å². The molecule has 6 nitrogen and oxygen atoms in total. The molecule has 0 radical (unpaired) electrons. The molecule has 2 atom stereocenters. The number of halogens is 2. The van der Waals surface area contributed by atoms with E-state index in [1.165, 1.54) is 9.80 Å². The van der Waals surface area contributed by atoms with Gasteiger partial charge in [0, 0.05) is 13.1 Å². The third kappa shape index (κ3) is 2.31. The average molecular weight is 326 g/mol. The Kier molecular flexibility index (Phi) is 3.74. The van der Waals surface area contributed by atoms with Crippen molar-refractivity contribution in [2.24, 2.45) is 0 Å². The van der Waals surface area contributed by atoms with Crippen LogP contribution in [-0.2, 0) is 9.59 Å². The maximum Gasteiger partial charge on any atom is 0.332 e. The lowest BCUT2D eigenvalue weighted by atomic mass is 10.2. The van der Waals surface area contributed by atoms with Gasteiger partial charge in [0.25, 0.3) is 17.4 Å². The molecule has 2 aliphatic rings. The van der Waals surface area contributed by atoms with Crippen LogP contribution in [0.25, 0.3) is 0 Å². The predicted octanol–water partition coefficient (Wildman–Crippen LogP) is 1.20. The zero-order valence-corrected chi connectivity index (χ0v) is 12.2. The summed E-state index contributed by atoms with van der Waals surface area (Å²) in [5.74, 6) is -1.29. The molecule has 0 aromatic heterocycles. The van der Waals surface area contributed by atoms with Crippen LogP contribution in [0.15, 0.2) is 30.3 Å². The first kappa shape index (κ1) is 14.8. The van der Waals surface area contributed by atoms with E-state index in [9.17, 15) is 18.8 Å². The number of carbonyl (C=O) groups excluding carboxylic acids is 3. The van der Waals surface area contributed by atoms with Crippen molar-refractivity contribution in [3.63, 3.8) is 0 Å². The normalized spacial score (nSPS) is 22.8. The van der Waals surface area contributed by atoms with E-state index in [2.05, 4.69) is 0 Å². The predicted molar refractivity (Wildman–Crippen MR) is 77.1 cm³/mol. The summed E-state index contributed by atoms with van der Waals surface area (Å²) in [5, 5.41) is 0. The highest BCUT2D eigenvalue weighted by atomic mass is 35.5. The minimum atomic E-state index is -2.14. The third-order valence-electron chi connectivity index (χ3n) is 3.84. The molecule has 0 aliphatic carbocycles. The van der Waals surface area contributed by atoms with E-state index in [1.54, 1.807) is 30.3 Å². The molecule has 8 heteroatoms. The van der Waals surface area contributed by atoms with Gasteiger partial charge < -0.3 is 9.80 Å². The zero-order chi connectivity index (χ0) is 15.9. The molecule has 0 bridgehead atoms. The standard InChI is InChI=1S/C14H13ClFN3O3/c15-11(16)13(21)17-6-7-18-10(8-17)12(20)19(14(18)22)9-4-2-1-3-5-9/h1-5,10-11H,6-8H2. The second kappa shape index (κ2) is 5.57. The van der Waals surface area contributed by atoms with Crippen LogP contribution in [0.2, 0.25) is 0 Å². The average Bonchev–Trinajstić information content (AvgIpc) is 2.78. The van der Waals surface area contributed by atoms with Gasteiger partial charge >= 0.3 is 6.03 Å². The molecule has 0 saturated carbocycles. The van der Waals surface area contributed by atoms with Gasteiger partial charge in [0.1, 0.15) is 6.04 Å². The highest BCUT2D eigenvalue weighted by molar-refractivity contribution is 6.29. The van der Waals surface area contributed by atoms with E-state index < -0.39 is 29.5 Å². The number of imide groups is 1. The van der Waals surface area contributed by atoms with Crippen LogP contribution in [0.5, 0.6) is 0 Å². The molecule has 2 aliphatic heterocycles.